The van der Waals surface area contributed by atoms with Gasteiger partial charge in [0.05, 0.1) is 6.04 Å². The van der Waals surface area contributed by atoms with E-state index in [1.165, 1.54) is 12.1 Å². The molecule has 0 saturated carbocycles. The molecular formula is C16H17FN2O. The molecule has 3 N–H and O–H groups in total. The van der Waals surface area contributed by atoms with Crippen molar-refractivity contribution in [1.82, 2.24) is 5.32 Å². The summed E-state index contributed by atoms with van der Waals surface area (Å²) in [5.74, 6) is -0.702. The van der Waals surface area contributed by atoms with Gasteiger partial charge in [-0.1, -0.05) is 12.1 Å². The highest BCUT2D eigenvalue weighted by molar-refractivity contribution is 5.94. The monoisotopic (exact) mass is 272 g/mol. The first-order valence-corrected chi connectivity index (χ1v) is 6.39. The Labute approximate surface area is 117 Å². The molecule has 1 amide bonds. The number of nitrogens with one attached hydrogen (secondary N) is 1. The Bertz CT molecular complexity index is 603. The van der Waals surface area contributed by atoms with Gasteiger partial charge in [0.2, 0.25) is 0 Å². The number of carbonyl (C=O) groups excluding carboxylic acids is 1. The van der Waals surface area contributed by atoms with Crippen molar-refractivity contribution in [2.75, 3.05) is 5.73 Å². The molecule has 0 aliphatic rings. The lowest BCUT2D eigenvalue weighted by molar-refractivity contribution is 0.0939. The molecule has 0 aliphatic heterocycles. The first-order valence-electron chi connectivity index (χ1n) is 6.39. The van der Waals surface area contributed by atoms with Crippen molar-refractivity contribution < 1.29 is 9.18 Å². The summed E-state index contributed by atoms with van der Waals surface area (Å²) in [5, 5.41) is 2.84. The molecule has 0 spiro atoms. The Kier molecular flexibility index (Phi) is 4.03. The van der Waals surface area contributed by atoms with Crippen LogP contribution in [0.1, 0.15) is 34.5 Å². The maximum Gasteiger partial charge on any atom is 0.251 e. The van der Waals surface area contributed by atoms with Crippen molar-refractivity contribution in [3.05, 3.63) is 65.0 Å². The van der Waals surface area contributed by atoms with Gasteiger partial charge in [-0.3, -0.25) is 4.79 Å². The minimum absolute atomic E-state index is 0.174. The highest BCUT2D eigenvalue weighted by Gasteiger charge is 2.12. The largest absolute Gasteiger partial charge is 0.399 e. The van der Waals surface area contributed by atoms with E-state index in [4.69, 9.17) is 5.73 Å². The number of carbonyl (C=O) groups is 1. The smallest absolute Gasteiger partial charge is 0.251 e. The third kappa shape index (κ3) is 3.35. The second-order valence-electron chi connectivity index (χ2n) is 4.88. The van der Waals surface area contributed by atoms with Crippen LogP contribution < -0.4 is 11.1 Å². The molecule has 0 fully saturated rings. The number of anilines is 1. The Hall–Kier alpha value is -2.36. The van der Waals surface area contributed by atoms with Crippen molar-refractivity contribution in [2.45, 2.75) is 19.9 Å². The normalized spacial score (nSPS) is 11.9. The van der Waals surface area contributed by atoms with E-state index in [-0.39, 0.29) is 11.9 Å². The van der Waals surface area contributed by atoms with E-state index in [9.17, 15) is 9.18 Å². The second-order valence-corrected chi connectivity index (χ2v) is 4.88. The average Bonchev–Trinajstić information content (AvgIpc) is 2.38. The van der Waals surface area contributed by atoms with Gasteiger partial charge in [0.25, 0.3) is 5.91 Å². The van der Waals surface area contributed by atoms with Gasteiger partial charge in [0.1, 0.15) is 5.82 Å². The van der Waals surface area contributed by atoms with E-state index in [1.807, 2.05) is 19.1 Å². The molecule has 2 aromatic carbocycles. The van der Waals surface area contributed by atoms with Crippen LogP contribution in [0.3, 0.4) is 0 Å². The van der Waals surface area contributed by atoms with Crippen LogP contribution in [0.25, 0.3) is 0 Å². The molecule has 20 heavy (non-hydrogen) atoms. The van der Waals surface area contributed by atoms with Gasteiger partial charge in [-0.05, 0) is 55.3 Å². The zero-order valence-electron chi connectivity index (χ0n) is 11.5. The van der Waals surface area contributed by atoms with E-state index < -0.39 is 5.82 Å². The summed E-state index contributed by atoms with van der Waals surface area (Å²) in [6.45, 7) is 3.62. The van der Waals surface area contributed by atoms with Crippen LogP contribution in [0, 0.1) is 12.7 Å². The van der Waals surface area contributed by atoms with Gasteiger partial charge < -0.3 is 11.1 Å². The highest BCUT2D eigenvalue weighted by atomic mass is 19.1. The van der Waals surface area contributed by atoms with Gasteiger partial charge in [0, 0.05) is 11.3 Å². The van der Waals surface area contributed by atoms with Gasteiger partial charge in [-0.2, -0.15) is 0 Å². The molecule has 104 valence electrons. The standard InChI is InChI=1S/C16H17FN2O/c1-10-7-13(9-14(17)8-10)16(20)19-11(2)12-3-5-15(18)6-4-12/h3-9,11H,18H2,1-2H3,(H,19,20). The fraction of sp³-hybridized carbons (Fsp3) is 0.188. The number of nitrogens with two attached hydrogens (primary N) is 1. The molecule has 0 heterocycles. The predicted molar refractivity (Wildman–Crippen MR) is 77.9 cm³/mol. The molecule has 0 radical (unpaired) electrons. The Morgan fingerprint density at radius 2 is 1.85 bits per heavy atom. The molecule has 1 atom stereocenters. The third-order valence-electron chi connectivity index (χ3n) is 3.09. The molecule has 0 aromatic heterocycles. The van der Waals surface area contributed by atoms with Gasteiger partial charge in [0.15, 0.2) is 0 Å². The topological polar surface area (TPSA) is 55.1 Å². The maximum atomic E-state index is 13.3. The SMILES string of the molecule is Cc1cc(F)cc(C(=O)NC(C)c2ccc(N)cc2)c1. The highest BCUT2D eigenvalue weighted by Crippen LogP contribution is 2.16. The number of hydrogen-bond acceptors (Lipinski definition) is 2. The summed E-state index contributed by atoms with van der Waals surface area (Å²) in [5.41, 5.74) is 8.28. The number of aryl methyl sites for hydroxylation is 1. The summed E-state index contributed by atoms with van der Waals surface area (Å²) < 4.78 is 13.3. The van der Waals surface area contributed by atoms with E-state index in [0.29, 0.717) is 11.3 Å². The van der Waals surface area contributed by atoms with Gasteiger partial charge in [-0.25, -0.2) is 4.39 Å². The predicted octanol–water partition coefficient (Wildman–Crippen LogP) is 3.21. The number of nitrogen functional groups attached to an aromatic ring is 1. The maximum absolute atomic E-state index is 13.3. The van der Waals surface area contributed by atoms with Crippen molar-refractivity contribution in [3.63, 3.8) is 0 Å². The Morgan fingerprint density at radius 3 is 2.45 bits per heavy atom. The molecule has 2 rings (SSSR count). The lowest BCUT2D eigenvalue weighted by Crippen LogP contribution is -2.26. The molecule has 4 heteroatoms. The average molecular weight is 272 g/mol. The Balaban J connectivity index is 2.12. The molecule has 0 bridgehead atoms. The molecule has 2 aromatic rings. The van der Waals surface area contributed by atoms with Crippen molar-refractivity contribution in [1.29, 1.82) is 0 Å². The van der Waals surface area contributed by atoms with Crippen molar-refractivity contribution in [2.24, 2.45) is 0 Å². The number of halogens is 1. The molecule has 0 aliphatic carbocycles. The number of rotatable bonds is 3. The summed E-state index contributed by atoms with van der Waals surface area (Å²) in [4.78, 5) is 12.1. The van der Waals surface area contributed by atoms with Crippen LogP contribution in [0.4, 0.5) is 10.1 Å². The van der Waals surface area contributed by atoms with Crippen LogP contribution in [-0.4, -0.2) is 5.91 Å². The summed E-state index contributed by atoms with van der Waals surface area (Å²) in [7, 11) is 0. The van der Waals surface area contributed by atoms with E-state index in [0.717, 1.165) is 11.1 Å². The zero-order chi connectivity index (χ0) is 14.7. The van der Waals surface area contributed by atoms with E-state index >= 15 is 0 Å². The van der Waals surface area contributed by atoms with Crippen molar-refractivity contribution >= 4 is 11.6 Å². The lowest BCUT2D eigenvalue weighted by atomic mass is 10.1. The van der Waals surface area contributed by atoms with Crippen LogP contribution in [0.15, 0.2) is 42.5 Å². The van der Waals surface area contributed by atoms with E-state index in [2.05, 4.69) is 5.32 Å². The zero-order valence-corrected chi connectivity index (χ0v) is 11.5. The fourth-order valence-corrected chi connectivity index (χ4v) is 2.02. The minimum atomic E-state index is -0.407. The van der Waals surface area contributed by atoms with Gasteiger partial charge >= 0.3 is 0 Å². The molecule has 1 unspecified atom stereocenters. The molecule has 0 saturated heterocycles. The summed E-state index contributed by atoms with van der Waals surface area (Å²) in [6, 6.07) is 11.4. The quantitative estimate of drug-likeness (QED) is 0.843. The summed E-state index contributed by atoms with van der Waals surface area (Å²) in [6.07, 6.45) is 0. The number of benzene rings is 2. The van der Waals surface area contributed by atoms with Crippen LogP contribution in [-0.2, 0) is 0 Å². The number of hydrogen-bond donors (Lipinski definition) is 2. The Morgan fingerprint density at radius 1 is 1.20 bits per heavy atom. The van der Waals surface area contributed by atoms with Crippen LogP contribution in [0.5, 0.6) is 0 Å². The van der Waals surface area contributed by atoms with E-state index in [1.54, 1.807) is 25.1 Å². The summed E-state index contributed by atoms with van der Waals surface area (Å²) >= 11 is 0. The second kappa shape index (κ2) is 5.74. The first-order chi connectivity index (χ1) is 9.45. The number of amides is 1. The van der Waals surface area contributed by atoms with Gasteiger partial charge in [-0.15, -0.1) is 0 Å². The molecular weight excluding hydrogens is 255 g/mol. The fourth-order valence-electron chi connectivity index (χ4n) is 2.02. The lowest BCUT2D eigenvalue weighted by Gasteiger charge is -2.15. The molecule has 3 nitrogen and oxygen atoms in total. The first kappa shape index (κ1) is 14.1. The van der Waals surface area contributed by atoms with Crippen molar-refractivity contribution in [3.8, 4) is 0 Å². The van der Waals surface area contributed by atoms with Crippen LogP contribution >= 0.6 is 0 Å². The third-order valence-corrected chi connectivity index (χ3v) is 3.09. The van der Waals surface area contributed by atoms with Crippen LogP contribution in [0.2, 0.25) is 0 Å². The minimum Gasteiger partial charge on any atom is -0.399 e.